The molecule has 18 heavy (non-hydrogen) atoms. The zero-order valence-electron chi connectivity index (χ0n) is 8.65. The Balaban J connectivity index is 2.40. The first kappa shape index (κ1) is 13.3. The van der Waals surface area contributed by atoms with Gasteiger partial charge in [-0.3, -0.25) is 0 Å². The van der Waals surface area contributed by atoms with E-state index in [4.69, 9.17) is 34.8 Å². The maximum atomic E-state index is 13.4. The van der Waals surface area contributed by atoms with Gasteiger partial charge in [-0.2, -0.15) is 0 Å². The molecule has 2 aromatic rings. The van der Waals surface area contributed by atoms with E-state index in [9.17, 15) is 8.78 Å². The molecule has 0 bridgehead atoms. The molecule has 0 aliphatic carbocycles. The summed E-state index contributed by atoms with van der Waals surface area (Å²) in [7, 11) is 0. The zero-order chi connectivity index (χ0) is 13.3. The molecule has 7 heteroatoms. The largest absolute Gasteiger partial charge is 0.336 e. The fourth-order valence-electron chi connectivity index (χ4n) is 1.26. The lowest BCUT2D eigenvalue weighted by molar-refractivity contribution is 0.511. The summed E-state index contributed by atoms with van der Waals surface area (Å²) in [6, 6.07) is 5.06. The summed E-state index contributed by atoms with van der Waals surface area (Å²) in [6.45, 7) is 0. The van der Waals surface area contributed by atoms with Crippen molar-refractivity contribution >= 4 is 46.3 Å². The summed E-state index contributed by atoms with van der Waals surface area (Å²) in [4.78, 5) is 3.84. The Bertz CT molecular complexity index is 605. The quantitative estimate of drug-likeness (QED) is 0.784. The first-order valence-corrected chi connectivity index (χ1v) is 5.85. The molecule has 0 atom stereocenters. The average Bonchev–Trinajstić information content (AvgIpc) is 2.32. The molecular weight excluding hydrogens is 304 g/mol. The molecule has 0 fully saturated rings. The van der Waals surface area contributed by atoms with Gasteiger partial charge in [-0.05, 0) is 18.2 Å². The lowest BCUT2D eigenvalue weighted by atomic mass is 10.3. The molecule has 0 amide bonds. The van der Waals surface area contributed by atoms with Gasteiger partial charge < -0.3 is 5.32 Å². The fraction of sp³-hybridized carbons (Fsp3) is 0. The van der Waals surface area contributed by atoms with Crippen molar-refractivity contribution in [3.63, 3.8) is 0 Å². The highest BCUT2D eigenvalue weighted by Gasteiger charge is 2.12. The number of nitrogens with zero attached hydrogens (tertiary/aromatic N) is 1. The number of halogens is 5. The maximum absolute atomic E-state index is 13.4. The number of pyridine rings is 1. The summed E-state index contributed by atoms with van der Waals surface area (Å²) in [5.41, 5.74) is -0.0946. The monoisotopic (exact) mass is 308 g/mol. The molecule has 1 N–H and O–H groups in total. The lowest BCUT2D eigenvalue weighted by Crippen LogP contribution is -1.99. The molecule has 0 spiro atoms. The van der Waals surface area contributed by atoms with Gasteiger partial charge in [-0.25, -0.2) is 13.8 Å². The third-order valence-electron chi connectivity index (χ3n) is 2.09. The van der Waals surface area contributed by atoms with E-state index >= 15 is 0 Å². The van der Waals surface area contributed by atoms with Crippen LogP contribution in [0, 0.1) is 11.6 Å². The number of anilines is 2. The molecule has 1 heterocycles. The molecule has 0 aliphatic rings. The Hall–Kier alpha value is -1.10. The van der Waals surface area contributed by atoms with Crippen molar-refractivity contribution in [1.29, 1.82) is 0 Å². The van der Waals surface area contributed by atoms with Gasteiger partial charge in [0.25, 0.3) is 0 Å². The van der Waals surface area contributed by atoms with E-state index in [-0.39, 0.29) is 26.7 Å². The van der Waals surface area contributed by atoms with Crippen LogP contribution in [-0.2, 0) is 0 Å². The number of aromatic nitrogens is 1. The number of hydrogen-bond acceptors (Lipinski definition) is 2. The topological polar surface area (TPSA) is 24.9 Å². The average molecular weight is 310 g/mol. The van der Waals surface area contributed by atoms with Crippen LogP contribution in [0.1, 0.15) is 0 Å². The molecule has 2 nitrogen and oxygen atoms in total. The van der Waals surface area contributed by atoms with Crippen molar-refractivity contribution < 1.29 is 8.78 Å². The standard InChI is InChI=1S/C11H5Cl3F2N2/c12-5-4-6(13)11(18-10(5)14)17-8-3-1-2-7(15)9(8)16/h1-4H,(H,17,18). The molecule has 0 aliphatic heterocycles. The van der Waals surface area contributed by atoms with Crippen molar-refractivity contribution in [1.82, 2.24) is 4.98 Å². The van der Waals surface area contributed by atoms with Crippen LogP contribution < -0.4 is 5.32 Å². The van der Waals surface area contributed by atoms with E-state index in [0.717, 1.165) is 6.07 Å². The van der Waals surface area contributed by atoms with E-state index in [1.807, 2.05) is 0 Å². The summed E-state index contributed by atoms with van der Waals surface area (Å²) < 4.78 is 26.4. The number of rotatable bonds is 2. The normalized spacial score (nSPS) is 10.5. The van der Waals surface area contributed by atoms with Gasteiger partial charge in [0.2, 0.25) is 0 Å². The second-order valence-corrected chi connectivity index (χ2v) is 4.49. The highest BCUT2D eigenvalue weighted by Crippen LogP contribution is 2.31. The molecule has 0 saturated carbocycles. The van der Waals surface area contributed by atoms with Gasteiger partial charge in [0.1, 0.15) is 5.15 Å². The van der Waals surface area contributed by atoms with E-state index in [1.54, 1.807) is 0 Å². The minimum atomic E-state index is -1.03. The number of nitrogens with one attached hydrogen (secondary N) is 1. The van der Waals surface area contributed by atoms with Crippen LogP contribution in [0.5, 0.6) is 0 Å². The van der Waals surface area contributed by atoms with Gasteiger partial charge >= 0.3 is 0 Å². The molecular formula is C11H5Cl3F2N2. The minimum absolute atomic E-state index is 0.0142. The highest BCUT2D eigenvalue weighted by atomic mass is 35.5. The van der Waals surface area contributed by atoms with E-state index in [2.05, 4.69) is 10.3 Å². The van der Waals surface area contributed by atoms with Gasteiger partial charge in [0.05, 0.1) is 15.7 Å². The first-order chi connectivity index (χ1) is 8.49. The third-order valence-corrected chi connectivity index (χ3v) is 3.05. The molecule has 1 aromatic carbocycles. The Morgan fingerprint density at radius 2 is 1.78 bits per heavy atom. The lowest BCUT2D eigenvalue weighted by Gasteiger charge is -2.09. The van der Waals surface area contributed by atoms with Crippen LogP contribution in [0.15, 0.2) is 24.3 Å². The van der Waals surface area contributed by atoms with Crippen molar-refractivity contribution in [2.24, 2.45) is 0 Å². The van der Waals surface area contributed by atoms with Crippen LogP contribution in [-0.4, -0.2) is 4.98 Å². The second kappa shape index (κ2) is 5.26. The summed E-state index contributed by atoms with van der Waals surface area (Å²) in [5.74, 6) is -1.91. The summed E-state index contributed by atoms with van der Waals surface area (Å²) in [5, 5.41) is 2.88. The predicted octanol–water partition coefficient (Wildman–Crippen LogP) is 5.06. The third kappa shape index (κ3) is 2.66. The zero-order valence-corrected chi connectivity index (χ0v) is 10.9. The first-order valence-electron chi connectivity index (χ1n) is 4.71. The fourth-order valence-corrected chi connectivity index (χ4v) is 1.80. The molecule has 1 aromatic heterocycles. The van der Waals surface area contributed by atoms with Gasteiger partial charge in [0, 0.05) is 0 Å². The van der Waals surface area contributed by atoms with Crippen molar-refractivity contribution in [3.8, 4) is 0 Å². The molecule has 0 unspecified atom stereocenters. The Labute approximate surface area is 116 Å². The molecule has 2 rings (SSSR count). The molecule has 94 valence electrons. The van der Waals surface area contributed by atoms with Crippen molar-refractivity contribution in [2.45, 2.75) is 0 Å². The Kier molecular flexibility index (Phi) is 3.90. The number of hydrogen-bond donors (Lipinski definition) is 1. The maximum Gasteiger partial charge on any atom is 0.182 e. The number of benzene rings is 1. The Morgan fingerprint density at radius 3 is 2.50 bits per heavy atom. The van der Waals surface area contributed by atoms with Crippen LogP contribution in [0.2, 0.25) is 15.2 Å². The Morgan fingerprint density at radius 1 is 1.06 bits per heavy atom. The van der Waals surface area contributed by atoms with Crippen molar-refractivity contribution in [2.75, 3.05) is 5.32 Å². The van der Waals surface area contributed by atoms with Crippen LogP contribution in [0.25, 0.3) is 0 Å². The predicted molar refractivity (Wildman–Crippen MR) is 68.9 cm³/mol. The van der Waals surface area contributed by atoms with Gasteiger partial charge in [0.15, 0.2) is 17.5 Å². The van der Waals surface area contributed by atoms with Gasteiger partial charge in [-0.15, -0.1) is 0 Å². The van der Waals surface area contributed by atoms with Crippen molar-refractivity contribution in [3.05, 3.63) is 51.1 Å². The minimum Gasteiger partial charge on any atom is -0.336 e. The molecule has 0 radical (unpaired) electrons. The van der Waals surface area contributed by atoms with Gasteiger partial charge in [-0.1, -0.05) is 40.9 Å². The summed E-state index contributed by atoms with van der Waals surface area (Å²) in [6.07, 6.45) is 0. The SMILES string of the molecule is Fc1cccc(Nc2nc(Cl)c(Cl)cc2Cl)c1F. The molecule has 0 saturated heterocycles. The van der Waals surface area contributed by atoms with Crippen LogP contribution >= 0.6 is 34.8 Å². The van der Waals surface area contributed by atoms with Crippen LogP contribution in [0.4, 0.5) is 20.3 Å². The summed E-state index contributed by atoms with van der Waals surface area (Å²) >= 11 is 17.3. The van der Waals surface area contributed by atoms with E-state index < -0.39 is 11.6 Å². The van der Waals surface area contributed by atoms with Crippen LogP contribution in [0.3, 0.4) is 0 Å². The van der Waals surface area contributed by atoms with E-state index in [0.29, 0.717) is 0 Å². The second-order valence-electron chi connectivity index (χ2n) is 3.32. The highest BCUT2D eigenvalue weighted by molar-refractivity contribution is 6.43. The van der Waals surface area contributed by atoms with E-state index in [1.165, 1.54) is 18.2 Å². The smallest absolute Gasteiger partial charge is 0.182 e.